The molecule has 2 heterocycles. The van der Waals surface area contributed by atoms with E-state index in [0.29, 0.717) is 18.6 Å². The molecule has 3 aromatic rings. The van der Waals surface area contributed by atoms with Crippen LogP contribution < -0.4 is 0 Å². The number of unbranched alkanes of at least 4 members (excludes halogenated alkanes) is 2. The van der Waals surface area contributed by atoms with Gasteiger partial charge in [-0.2, -0.15) is 0 Å². The van der Waals surface area contributed by atoms with Crippen molar-refractivity contribution in [1.82, 2.24) is 14.5 Å². The number of hydrogen-bond acceptors (Lipinski definition) is 3. The Morgan fingerprint density at radius 1 is 1.18 bits per heavy atom. The molecule has 4 nitrogen and oxygen atoms in total. The van der Waals surface area contributed by atoms with Gasteiger partial charge in [0.1, 0.15) is 11.3 Å². The number of rotatable bonds is 9. The van der Waals surface area contributed by atoms with E-state index in [-0.39, 0.29) is 11.7 Å². The van der Waals surface area contributed by atoms with Crippen LogP contribution in [0.5, 0.6) is 0 Å². The Bertz CT molecular complexity index is 947. The van der Waals surface area contributed by atoms with Gasteiger partial charge in [0.2, 0.25) is 0 Å². The highest BCUT2D eigenvalue weighted by atomic mass is 32.1. The molecule has 0 unspecified atom stereocenters. The van der Waals surface area contributed by atoms with Gasteiger partial charge in [0.05, 0.1) is 16.9 Å². The number of nitrogens with zero attached hydrogens (tertiary/aromatic N) is 3. The van der Waals surface area contributed by atoms with Gasteiger partial charge >= 0.3 is 0 Å². The molecule has 0 bridgehead atoms. The summed E-state index contributed by atoms with van der Waals surface area (Å²) in [5.41, 5.74) is 1.18. The number of carbonyl (C=O) groups excluding carboxylic acids is 1. The molecule has 28 heavy (non-hydrogen) atoms. The Morgan fingerprint density at radius 2 is 2.00 bits per heavy atom. The van der Waals surface area contributed by atoms with Crippen LogP contribution in [0.25, 0.3) is 11.0 Å². The molecule has 1 amide bonds. The minimum Gasteiger partial charge on any atom is -0.330 e. The summed E-state index contributed by atoms with van der Waals surface area (Å²) >= 11 is 1.52. The zero-order valence-corrected chi connectivity index (χ0v) is 17.7. The lowest BCUT2D eigenvalue weighted by Gasteiger charge is -2.22. The molecular weight excluding hydrogens is 373 g/mol. The lowest BCUT2D eigenvalue weighted by Crippen LogP contribution is -2.32. The number of halogens is 1. The van der Waals surface area contributed by atoms with Crippen molar-refractivity contribution >= 4 is 28.3 Å². The summed E-state index contributed by atoms with van der Waals surface area (Å²) in [5, 5.41) is 0. The SMILES string of the molecule is CCCCCN(Cc1nc2c(F)cccc2n1CCC)C(=O)c1ccc(C)s1. The predicted molar refractivity (Wildman–Crippen MR) is 113 cm³/mol. The standard InChI is InChI=1S/C22H28FN3OS/c1-4-6-7-14-25(22(27)19-12-11-16(3)28-19)15-20-24-21-17(23)9-8-10-18(21)26(20)13-5-2/h8-12H,4-7,13-15H2,1-3H3. The second-order valence-corrected chi connectivity index (χ2v) is 8.42. The Balaban J connectivity index is 1.94. The predicted octanol–water partition coefficient (Wildman–Crippen LogP) is 5.79. The number of thiophene rings is 1. The van der Waals surface area contributed by atoms with E-state index in [1.54, 1.807) is 6.07 Å². The third kappa shape index (κ3) is 4.43. The molecule has 0 atom stereocenters. The molecule has 0 saturated heterocycles. The quantitative estimate of drug-likeness (QED) is 0.426. The number of hydrogen-bond donors (Lipinski definition) is 0. The first-order chi connectivity index (χ1) is 13.5. The van der Waals surface area contributed by atoms with E-state index < -0.39 is 0 Å². The Labute approximate surface area is 170 Å². The van der Waals surface area contributed by atoms with Crippen LogP contribution in [0.15, 0.2) is 30.3 Å². The summed E-state index contributed by atoms with van der Waals surface area (Å²) in [6.45, 7) is 8.08. The van der Waals surface area contributed by atoms with Crippen LogP contribution in [0.3, 0.4) is 0 Å². The number of benzene rings is 1. The van der Waals surface area contributed by atoms with Crippen LogP contribution in [-0.2, 0) is 13.1 Å². The van der Waals surface area contributed by atoms with Crippen molar-refractivity contribution in [2.45, 2.75) is 59.5 Å². The highest BCUT2D eigenvalue weighted by Crippen LogP contribution is 2.23. The van der Waals surface area contributed by atoms with Crippen LogP contribution in [0, 0.1) is 12.7 Å². The summed E-state index contributed by atoms with van der Waals surface area (Å²) in [6, 6.07) is 8.92. The largest absolute Gasteiger partial charge is 0.330 e. The van der Waals surface area contributed by atoms with E-state index in [9.17, 15) is 9.18 Å². The number of fused-ring (bicyclic) bond motifs is 1. The molecule has 2 aromatic heterocycles. The molecule has 0 spiro atoms. The van der Waals surface area contributed by atoms with Crippen LogP contribution in [0.2, 0.25) is 0 Å². The maximum absolute atomic E-state index is 14.3. The van der Waals surface area contributed by atoms with Gasteiger partial charge in [0, 0.05) is 18.0 Å². The van der Waals surface area contributed by atoms with Crippen LogP contribution in [0.1, 0.15) is 59.9 Å². The van der Waals surface area contributed by atoms with Crippen molar-refractivity contribution in [1.29, 1.82) is 0 Å². The molecule has 150 valence electrons. The number of aromatic nitrogens is 2. The number of imidazole rings is 1. The maximum atomic E-state index is 14.3. The molecule has 0 saturated carbocycles. The van der Waals surface area contributed by atoms with Crippen LogP contribution >= 0.6 is 11.3 Å². The third-order valence-electron chi connectivity index (χ3n) is 4.86. The first-order valence-corrected chi connectivity index (χ1v) is 10.9. The van der Waals surface area contributed by atoms with E-state index >= 15 is 0 Å². The summed E-state index contributed by atoms with van der Waals surface area (Å²) in [4.78, 5) is 21.4. The molecule has 0 aliphatic carbocycles. The Morgan fingerprint density at radius 3 is 2.68 bits per heavy atom. The first kappa shape index (κ1) is 20.5. The Hall–Kier alpha value is -2.21. The second kappa shape index (κ2) is 9.32. The van der Waals surface area contributed by atoms with Gasteiger partial charge in [-0.25, -0.2) is 9.37 Å². The monoisotopic (exact) mass is 401 g/mol. The van der Waals surface area contributed by atoms with Crippen molar-refractivity contribution in [2.24, 2.45) is 0 Å². The van der Waals surface area contributed by atoms with Gasteiger partial charge in [-0.3, -0.25) is 4.79 Å². The van der Waals surface area contributed by atoms with Gasteiger partial charge in [0.15, 0.2) is 5.82 Å². The minimum atomic E-state index is -0.314. The molecule has 0 fully saturated rings. The Kier molecular flexibility index (Phi) is 6.83. The van der Waals surface area contributed by atoms with Crippen molar-refractivity contribution in [3.8, 4) is 0 Å². The average molecular weight is 402 g/mol. The second-order valence-electron chi connectivity index (χ2n) is 7.13. The van der Waals surface area contributed by atoms with E-state index in [0.717, 1.165) is 53.3 Å². The van der Waals surface area contributed by atoms with E-state index in [1.807, 2.05) is 30.0 Å². The summed E-state index contributed by atoms with van der Waals surface area (Å²) in [7, 11) is 0. The van der Waals surface area contributed by atoms with E-state index in [2.05, 4.69) is 23.4 Å². The number of amides is 1. The van der Waals surface area contributed by atoms with Gasteiger partial charge in [-0.1, -0.05) is 32.8 Å². The molecule has 3 rings (SSSR count). The molecule has 6 heteroatoms. The fraction of sp³-hybridized carbons (Fsp3) is 0.455. The zero-order valence-electron chi connectivity index (χ0n) is 16.9. The fourth-order valence-electron chi connectivity index (χ4n) is 3.44. The molecule has 0 N–H and O–H groups in total. The van der Waals surface area contributed by atoms with Gasteiger partial charge in [-0.15, -0.1) is 11.3 Å². The van der Waals surface area contributed by atoms with Gasteiger partial charge < -0.3 is 9.47 Å². The molecule has 0 radical (unpaired) electrons. The zero-order chi connectivity index (χ0) is 20.1. The van der Waals surface area contributed by atoms with Crippen molar-refractivity contribution < 1.29 is 9.18 Å². The molecule has 1 aromatic carbocycles. The fourth-order valence-corrected chi connectivity index (χ4v) is 4.27. The van der Waals surface area contributed by atoms with Crippen molar-refractivity contribution in [3.63, 3.8) is 0 Å². The normalized spacial score (nSPS) is 11.3. The molecular formula is C22H28FN3OS. The minimum absolute atomic E-state index is 0.0322. The van der Waals surface area contributed by atoms with Crippen molar-refractivity contribution in [3.05, 3.63) is 51.7 Å². The highest BCUT2D eigenvalue weighted by Gasteiger charge is 2.21. The van der Waals surface area contributed by atoms with E-state index in [4.69, 9.17) is 0 Å². The summed E-state index contributed by atoms with van der Waals surface area (Å²) < 4.78 is 16.3. The van der Waals surface area contributed by atoms with Gasteiger partial charge in [0.25, 0.3) is 5.91 Å². The molecule has 0 aliphatic heterocycles. The summed E-state index contributed by atoms with van der Waals surface area (Å²) in [6.07, 6.45) is 4.05. The van der Waals surface area contributed by atoms with Crippen molar-refractivity contribution in [2.75, 3.05) is 6.54 Å². The maximum Gasteiger partial charge on any atom is 0.264 e. The number of aryl methyl sites for hydroxylation is 2. The first-order valence-electron chi connectivity index (χ1n) is 10.0. The van der Waals surface area contributed by atoms with Crippen LogP contribution in [0.4, 0.5) is 4.39 Å². The lowest BCUT2D eigenvalue weighted by atomic mass is 10.2. The highest BCUT2D eigenvalue weighted by molar-refractivity contribution is 7.13. The van der Waals surface area contributed by atoms with Crippen LogP contribution in [-0.4, -0.2) is 26.9 Å². The average Bonchev–Trinajstić information content (AvgIpc) is 3.26. The van der Waals surface area contributed by atoms with E-state index in [1.165, 1.54) is 17.4 Å². The molecule has 0 aliphatic rings. The summed E-state index contributed by atoms with van der Waals surface area (Å²) in [5.74, 6) is 0.469. The third-order valence-corrected chi connectivity index (χ3v) is 5.85. The lowest BCUT2D eigenvalue weighted by molar-refractivity contribution is 0.0739. The van der Waals surface area contributed by atoms with Gasteiger partial charge in [-0.05, 0) is 44.0 Å². The smallest absolute Gasteiger partial charge is 0.264 e. The number of carbonyl (C=O) groups is 1. The topological polar surface area (TPSA) is 38.1 Å². The number of para-hydroxylation sites is 1.